The standard InChI is InChI=1S/C18H21ClN4O4/c1-10(24)26-8-11-5-6-13(23(11)17(25)27-18(2,3)4)12-7-20-15-14(12)21-9-22-16(15)19/h5-7,9,11,13,20H,8H2,1-4H3/t11-,13+/m1/s1. The number of ether oxygens (including phenoxy) is 2. The largest absolute Gasteiger partial charge is 0.464 e. The predicted molar refractivity (Wildman–Crippen MR) is 98.7 cm³/mol. The van der Waals surface area contributed by atoms with E-state index in [4.69, 9.17) is 21.1 Å². The van der Waals surface area contributed by atoms with Crippen LogP contribution in [0.2, 0.25) is 5.15 Å². The van der Waals surface area contributed by atoms with Gasteiger partial charge in [-0.2, -0.15) is 0 Å². The molecule has 27 heavy (non-hydrogen) atoms. The molecule has 0 aliphatic carbocycles. The smallest absolute Gasteiger partial charge is 0.411 e. The second kappa shape index (κ2) is 7.34. The molecule has 0 spiro atoms. The van der Waals surface area contributed by atoms with Crippen LogP contribution >= 0.6 is 11.6 Å². The summed E-state index contributed by atoms with van der Waals surface area (Å²) in [6.07, 6.45) is 6.28. The van der Waals surface area contributed by atoms with Gasteiger partial charge in [0, 0.05) is 18.7 Å². The van der Waals surface area contributed by atoms with E-state index in [0.29, 0.717) is 16.2 Å². The zero-order valence-electron chi connectivity index (χ0n) is 15.5. The molecule has 0 aromatic carbocycles. The van der Waals surface area contributed by atoms with Gasteiger partial charge in [0.25, 0.3) is 0 Å². The van der Waals surface area contributed by atoms with Crippen LogP contribution in [0, 0.1) is 12.8 Å². The van der Waals surface area contributed by atoms with Gasteiger partial charge in [-0.1, -0.05) is 11.6 Å². The van der Waals surface area contributed by atoms with Gasteiger partial charge in [-0.15, -0.1) is 0 Å². The van der Waals surface area contributed by atoms with E-state index < -0.39 is 29.7 Å². The predicted octanol–water partition coefficient (Wildman–Crippen LogP) is 3.24. The van der Waals surface area contributed by atoms with Crippen molar-refractivity contribution < 1.29 is 19.1 Å². The quantitative estimate of drug-likeness (QED) is 0.636. The van der Waals surface area contributed by atoms with Crippen molar-refractivity contribution in [2.24, 2.45) is 0 Å². The maximum absolute atomic E-state index is 12.9. The fraction of sp³-hybridized carbons (Fsp3) is 0.444. The van der Waals surface area contributed by atoms with Crippen LogP contribution in [0.4, 0.5) is 4.79 Å². The lowest BCUT2D eigenvalue weighted by Crippen LogP contribution is -2.43. The Morgan fingerprint density at radius 3 is 2.70 bits per heavy atom. The maximum atomic E-state index is 12.9. The highest BCUT2D eigenvalue weighted by Gasteiger charge is 2.42. The second-order valence-corrected chi connectivity index (χ2v) is 7.58. The summed E-state index contributed by atoms with van der Waals surface area (Å²) in [5, 5.41) is 0.300. The van der Waals surface area contributed by atoms with E-state index >= 15 is 0 Å². The van der Waals surface area contributed by atoms with E-state index in [1.807, 2.05) is 12.8 Å². The molecule has 144 valence electrons. The monoisotopic (exact) mass is 392 g/mol. The fourth-order valence-electron chi connectivity index (χ4n) is 2.94. The molecule has 2 aromatic rings. The van der Waals surface area contributed by atoms with Gasteiger partial charge < -0.3 is 14.5 Å². The third kappa shape index (κ3) is 4.16. The van der Waals surface area contributed by atoms with Gasteiger partial charge in [-0.25, -0.2) is 14.8 Å². The number of carbonyl (C=O) groups excluding carboxylic acids is 2. The molecule has 3 heterocycles. The summed E-state index contributed by atoms with van der Waals surface area (Å²) < 4.78 is 10.7. The van der Waals surface area contributed by atoms with Gasteiger partial charge >= 0.3 is 12.1 Å². The molecule has 1 saturated heterocycles. The molecule has 1 amide bonds. The van der Waals surface area contributed by atoms with E-state index in [1.165, 1.54) is 18.2 Å². The number of halogens is 1. The van der Waals surface area contributed by atoms with Crippen LogP contribution in [0.5, 0.6) is 0 Å². The molecule has 1 fully saturated rings. The molecule has 8 nitrogen and oxygen atoms in total. The van der Waals surface area contributed by atoms with Crippen LogP contribution in [-0.2, 0) is 14.3 Å². The van der Waals surface area contributed by atoms with Crippen molar-refractivity contribution in [1.82, 2.24) is 19.9 Å². The number of likely N-dealkylation sites (tertiary alicyclic amines) is 1. The van der Waals surface area contributed by atoms with E-state index in [9.17, 15) is 9.59 Å². The zero-order chi connectivity index (χ0) is 19.8. The number of fused-ring (bicyclic) bond motifs is 1. The topological polar surface area (TPSA) is 97.4 Å². The minimum atomic E-state index is -0.665. The van der Waals surface area contributed by atoms with Crippen molar-refractivity contribution in [2.75, 3.05) is 6.61 Å². The van der Waals surface area contributed by atoms with E-state index in [0.717, 1.165) is 5.56 Å². The number of nitrogens with zero attached hydrogens (tertiary/aromatic N) is 3. The lowest BCUT2D eigenvalue weighted by molar-refractivity contribution is -0.142. The first-order valence-corrected chi connectivity index (χ1v) is 8.85. The Balaban J connectivity index is 1.95. The molecule has 1 aliphatic rings. The lowest BCUT2D eigenvalue weighted by atomic mass is 10.1. The average Bonchev–Trinajstić information content (AvgIpc) is 3.15. The molecule has 1 aliphatic heterocycles. The van der Waals surface area contributed by atoms with Gasteiger partial charge in [0.2, 0.25) is 0 Å². The number of amides is 1. The summed E-state index contributed by atoms with van der Waals surface area (Å²) in [5.74, 6) is -0.414. The van der Waals surface area contributed by atoms with Crippen LogP contribution in [0.1, 0.15) is 39.3 Å². The molecular formula is C18H21ClN4O4. The first-order chi connectivity index (χ1) is 12.7. The number of hydrogen-bond acceptors (Lipinski definition) is 6. The van der Waals surface area contributed by atoms with Crippen LogP contribution in [0.3, 0.4) is 0 Å². The van der Waals surface area contributed by atoms with Crippen molar-refractivity contribution in [3.63, 3.8) is 0 Å². The van der Waals surface area contributed by atoms with Gasteiger partial charge in [0.15, 0.2) is 5.15 Å². The molecule has 3 rings (SSSR count). The minimum Gasteiger partial charge on any atom is -0.464 e. The highest BCUT2D eigenvalue weighted by molar-refractivity contribution is 6.33. The van der Waals surface area contributed by atoms with Gasteiger partial charge in [-0.05, 0) is 33.6 Å². The van der Waals surface area contributed by atoms with Gasteiger partial charge in [0.05, 0.1) is 17.6 Å². The number of nitrogens with one attached hydrogen (secondary N) is 1. The van der Waals surface area contributed by atoms with E-state index in [1.54, 1.807) is 27.0 Å². The van der Waals surface area contributed by atoms with Gasteiger partial charge in [-0.3, -0.25) is 9.69 Å². The number of aromatic amines is 1. The molecular weight excluding hydrogens is 372 g/mol. The summed E-state index contributed by atoms with van der Waals surface area (Å²) >= 11 is 6.11. The van der Waals surface area contributed by atoms with Crippen LogP contribution < -0.4 is 0 Å². The molecule has 2 aromatic heterocycles. The molecule has 9 heteroatoms. The maximum Gasteiger partial charge on any atom is 0.411 e. The van der Waals surface area contributed by atoms with Crippen LogP contribution in [-0.4, -0.2) is 50.2 Å². The number of rotatable bonds is 3. The summed E-state index contributed by atoms with van der Waals surface area (Å²) in [6.45, 7) is 6.75. The summed E-state index contributed by atoms with van der Waals surface area (Å²) in [7, 11) is 0. The minimum absolute atomic E-state index is 0.0413. The Morgan fingerprint density at radius 2 is 2.04 bits per heavy atom. The van der Waals surface area contributed by atoms with Crippen molar-refractivity contribution in [3.05, 3.63) is 36.1 Å². The fourth-order valence-corrected chi connectivity index (χ4v) is 3.12. The van der Waals surface area contributed by atoms with Crippen LogP contribution in [0.25, 0.3) is 11.0 Å². The average molecular weight is 393 g/mol. The first-order valence-electron chi connectivity index (χ1n) is 8.48. The number of hydrogen-bond donors (Lipinski definition) is 1. The van der Waals surface area contributed by atoms with E-state index in [-0.39, 0.29) is 6.61 Å². The highest BCUT2D eigenvalue weighted by atomic mass is 35.5. The zero-order valence-corrected chi connectivity index (χ0v) is 16.3. The molecule has 2 atom stereocenters. The molecule has 2 radical (unpaired) electrons. The first kappa shape index (κ1) is 19.4. The Morgan fingerprint density at radius 1 is 1.30 bits per heavy atom. The molecule has 0 saturated carbocycles. The number of H-pyrrole nitrogens is 1. The summed E-state index contributed by atoms with van der Waals surface area (Å²) in [6, 6.07) is -0.892. The van der Waals surface area contributed by atoms with Crippen LogP contribution in [0.15, 0.2) is 12.5 Å². The Bertz CT molecular complexity index is 861. The molecule has 0 bridgehead atoms. The normalized spacial score (nSPS) is 20.1. The second-order valence-electron chi connectivity index (χ2n) is 7.22. The molecule has 0 unspecified atom stereocenters. The van der Waals surface area contributed by atoms with Crippen molar-refractivity contribution >= 4 is 34.7 Å². The van der Waals surface area contributed by atoms with Crippen molar-refractivity contribution in [2.45, 2.75) is 45.4 Å². The van der Waals surface area contributed by atoms with Crippen molar-refractivity contribution in [3.8, 4) is 0 Å². The van der Waals surface area contributed by atoms with E-state index in [2.05, 4.69) is 15.0 Å². The summed E-state index contributed by atoms with van der Waals surface area (Å²) in [5.41, 5.74) is 1.30. The highest BCUT2D eigenvalue weighted by Crippen LogP contribution is 2.39. The third-order valence-corrected chi connectivity index (χ3v) is 4.29. The summed E-state index contributed by atoms with van der Waals surface area (Å²) in [4.78, 5) is 36.9. The van der Waals surface area contributed by atoms with Gasteiger partial charge in [0.1, 0.15) is 24.1 Å². The number of carbonyl (C=O) groups is 2. The van der Waals surface area contributed by atoms with Crippen molar-refractivity contribution in [1.29, 1.82) is 0 Å². The Labute approximate surface area is 162 Å². The molecule has 1 N–H and O–H groups in total. The Kier molecular flexibility index (Phi) is 5.28. The third-order valence-electron chi connectivity index (χ3n) is 4.00. The Hall–Kier alpha value is -2.35. The number of esters is 1. The SMILES string of the molecule is CC(=O)OC[C@H]1[CH][CH][C@@H](c2c[nH]c3c(Cl)ncnc23)N1C(=O)OC(C)(C)C. The lowest BCUT2D eigenvalue weighted by Gasteiger charge is -2.32. The number of aromatic nitrogens is 3.